The van der Waals surface area contributed by atoms with Crippen LogP contribution in [0.3, 0.4) is 0 Å². The van der Waals surface area contributed by atoms with Crippen molar-refractivity contribution in [1.29, 1.82) is 0 Å². The highest BCUT2D eigenvalue weighted by Gasteiger charge is 2.21. The first-order valence-electron chi connectivity index (χ1n) is 5.98. The number of para-hydroxylation sites is 1. The Morgan fingerprint density at radius 3 is 2.56 bits per heavy atom. The molecular weight excluding hydrogens is 198 g/mol. The normalized spacial score (nSPS) is 24.8. The first-order valence-corrected chi connectivity index (χ1v) is 5.98. The summed E-state index contributed by atoms with van der Waals surface area (Å²) in [7, 11) is 0. The Morgan fingerprint density at radius 2 is 1.88 bits per heavy atom. The number of aliphatic imine (C=N–C) groups is 1. The maximum absolute atomic E-state index is 10.4. The average molecular weight is 215 g/mol. The van der Waals surface area contributed by atoms with Crippen LogP contribution in [0, 0.1) is 5.92 Å². The molecule has 0 atom stereocenters. The van der Waals surface area contributed by atoms with Gasteiger partial charge in [-0.05, 0) is 36.3 Å². The van der Waals surface area contributed by atoms with Crippen molar-refractivity contribution in [2.45, 2.75) is 38.5 Å². The summed E-state index contributed by atoms with van der Waals surface area (Å²) in [6, 6.07) is 7.94. The van der Waals surface area contributed by atoms with Gasteiger partial charge in [0.05, 0.1) is 5.69 Å². The lowest BCUT2D eigenvalue weighted by molar-refractivity contribution is 0.348. The van der Waals surface area contributed by atoms with Gasteiger partial charge < -0.3 is 0 Å². The molecule has 1 fully saturated rings. The molecule has 1 aliphatic rings. The van der Waals surface area contributed by atoms with Crippen molar-refractivity contribution in [3.05, 3.63) is 29.8 Å². The van der Waals surface area contributed by atoms with Gasteiger partial charge in [0.25, 0.3) is 0 Å². The van der Waals surface area contributed by atoms with Crippen LogP contribution in [0.1, 0.15) is 44.1 Å². The molecule has 1 saturated carbocycles. The predicted molar refractivity (Wildman–Crippen MR) is 64.6 cm³/mol. The van der Waals surface area contributed by atoms with Crippen LogP contribution in [0.5, 0.6) is 0 Å². The Kier molecular flexibility index (Phi) is 3.53. The number of hydrogen-bond acceptors (Lipinski definition) is 2. The third kappa shape index (κ3) is 2.40. The largest absolute Gasteiger partial charge is 0.240 e. The van der Waals surface area contributed by atoms with Crippen LogP contribution in [0.2, 0.25) is 0 Å². The molecule has 2 heteroatoms. The van der Waals surface area contributed by atoms with E-state index in [1.54, 1.807) is 6.08 Å². The van der Waals surface area contributed by atoms with Crippen LogP contribution in [-0.4, -0.2) is 6.08 Å². The number of isocyanates is 1. The standard InChI is InChI=1S/C14H17NO/c1-11-6-8-12(9-7-11)13-4-2-3-5-14(13)15-10-16/h2-5,11-12H,6-9H2,1H3. The minimum atomic E-state index is 0.574. The smallest absolute Gasteiger partial charge is 0.211 e. The topological polar surface area (TPSA) is 29.4 Å². The lowest BCUT2D eigenvalue weighted by atomic mass is 9.79. The summed E-state index contributed by atoms with van der Waals surface area (Å²) in [6.07, 6.45) is 6.64. The molecule has 1 aliphatic carbocycles. The first-order chi connectivity index (χ1) is 7.81. The van der Waals surface area contributed by atoms with E-state index in [0.29, 0.717) is 5.92 Å². The molecule has 0 bridgehead atoms. The third-order valence-corrected chi connectivity index (χ3v) is 3.56. The highest BCUT2D eigenvalue weighted by molar-refractivity contribution is 5.54. The van der Waals surface area contributed by atoms with Crippen molar-refractivity contribution in [2.24, 2.45) is 10.9 Å². The maximum Gasteiger partial charge on any atom is 0.240 e. The monoisotopic (exact) mass is 215 g/mol. The molecule has 1 aromatic carbocycles. The second-order valence-corrected chi connectivity index (χ2v) is 4.72. The zero-order chi connectivity index (χ0) is 11.4. The Hall–Kier alpha value is -1.40. The van der Waals surface area contributed by atoms with Gasteiger partial charge in [0.15, 0.2) is 0 Å². The van der Waals surface area contributed by atoms with Gasteiger partial charge in [-0.2, -0.15) is 4.99 Å². The Bertz CT molecular complexity index is 399. The molecule has 84 valence electrons. The van der Waals surface area contributed by atoms with Crippen molar-refractivity contribution < 1.29 is 4.79 Å². The van der Waals surface area contributed by atoms with Crippen molar-refractivity contribution in [1.82, 2.24) is 0 Å². The third-order valence-electron chi connectivity index (χ3n) is 3.56. The molecule has 0 aromatic heterocycles. The van der Waals surface area contributed by atoms with Gasteiger partial charge in [-0.25, -0.2) is 4.79 Å². The van der Waals surface area contributed by atoms with Crippen LogP contribution >= 0.6 is 0 Å². The fourth-order valence-electron chi connectivity index (χ4n) is 2.55. The molecule has 0 amide bonds. The summed E-state index contributed by atoms with van der Waals surface area (Å²) < 4.78 is 0. The summed E-state index contributed by atoms with van der Waals surface area (Å²) in [5.74, 6) is 1.42. The van der Waals surface area contributed by atoms with E-state index in [-0.39, 0.29) is 0 Å². The Balaban J connectivity index is 2.22. The molecule has 0 heterocycles. The quantitative estimate of drug-likeness (QED) is 0.542. The minimum Gasteiger partial charge on any atom is -0.211 e. The molecule has 2 rings (SSSR count). The van der Waals surface area contributed by atoms with Gasteiger partial charge in [0, 0.05) is 0 Å². The van der Waals surface area contributed by atoms with E-state index in [2.05, 4.69) is 18.0 Å². The zero-order valence-electron chi connectivity index (χ0n) is 9.65. The number of benzene rings is 1. The van der Waals surface area contributed by atoms with Crippen LogP contribution in [-0.2, 0) is 4.79 Å². The lowest BCUT2D eigenvalue weighted by Crippen LogP contribution is -2.10. The van der Waals surface area contributed by atoms with Crippen LogP contribution in [0.4, 0.5) is 5.69 Å². The van der Waals surface area contributed by atoms with Crippen molar-refractivity contribution >= 4 is 11.8 Å². The van der Waals surface area contributed by atoms with Gasteiger partial charge in [-0.1, -0.05) is 38.0 Å². The number of rotatable bonds is 2. The van der Waals surface area contributed by atoms with Crippen molar-refractivity contribution in [3.8, 4) is 0 Å². The van der Waals surface area contributed by atoms with Gasteiger partial charge >= 0.3 is 0 Å². The molecule has 1 aromatic rings. The molecule has 0 N–H and O–H groups in total. The molecule has 0 unspecified atom stereocenters. The minimum absolute atomic E-state index is 0.574. The molecule has 16 heavy (non-hydrogen) atoms. The maximum atomic E-state index is 10.4. The van der Waals surface area contributed by atoms with Gasteiger partial charge in [-0.3, -0.25) is 0 Å². The zero-order valence-corrected chi connectivity index (χ0v) is 9.65. The Morgan fingerprint density at radius 1 is 1.19 bits per heavy atom. The van der Waals surface area contributed by atoms with Gasteiger partial charge in [0.1, 0.15) is 0 Å². The van der Waals surface area contributed by atoms with E-state index in [1.807, 2.05) is 18.2 Å². The number of nitrogens with zero attached hydrogens (tertiary/aromatic N) is 1. The molecule has 2 nitrogen and oxygen atoms in total. The summed E-state index contributed by atoms with van der Waals surface area (Å²) in [4.78, 5) is 14.2. The molecule has 0 spiro atoms. The Labute approximate surface area is 96.4 Å². The second-order valence-electron chi connectivity index (χ2n) is 4.72. The summed E-state index contributed by atoms with van der Waals surface area (Å²) in [5.41, 5.74) is 2.02. The van der Waals surface area contributed by atoms with Crippen molar-refractivity contribution in [3.63, 3.8) is 0 Å². The number of carbonyl (C=O) groups excluding carboxylic acids is 1. The van der Waals surface area contributed by atoms with Crippen molar-refractivity contribution in [2.75, 3.05) is 0 Å². The fourth-order valence-corrected chi connectivity index (χ4v) is 2.55. The van der Waals surface area contributed by atoms with Gasteiger partial charge in [0.2, 0.25) is 6.08 Å². The fraction of sp³-hybridized carbons (Fsp3) is 0.500. The average Bonchev–Trinajstić information content (AvgIpc) is 2.32. The van der Waals surface area contributed by atoms with Crippen LogP contribution in [0.25, 0.3) is 0 Å². The highest BCUT2D eigenvalue weighted by Crippen LogP contribution is 2.39. The molecule has 0 aliphatic heterocycles. The summed E-state index contributed by atoms with van der Waals surface area (Å²) >= 11 is 0. The van der Waals surface area contributed by atoms with E-state index in [0.717, 1.165) is 11.6 Å². The van der Waals surface area contributed by atoms with Gasteiger partial charge in [-0.15, -0.1) is 0 Å². The van der Waals surface area contributed by atoms with E-state index >= 15 is 0 Å². The summed E-state index contributed by atoms with van der Waals surface area (Å²) in [6.45, 7) is 2.31. The predicted octanol–water partition coefficient (Wildman–Crippen LogP) is 3.95. The SMILES string of the molecule is CC1CCC(c2ccccc2N=C=O)CC1. The number of hydrogen-bond donors (Lipinski definition) is 0. The first kappa shape index (κ1) is 11.1. The molecular formula is C14H17NO. The van der Waals surface area contributed by atoms with E-state index in [1.165, 1.54) is 31.2 Å². The second kappa shape index (κ2) is 5.09. The van der Waals surface area contributed by atoms with Crippen LogP contribution in [0.15, 0.2) is 29.3 Å². The molecule has 0 radical (unpaired) electrons. The highest BCUT2D eigenvalue weighted by atomic mass is 16.1. The van der Waals surface area contributed by atoms with E-state index in [9.17, 15) is 4.79 Å². The molecule has 0 saturated heterocycles. The van der Waals surface area contributed by atoms with E-state index in [4.69, 9.17) is 0 Å². The van der Waals surface area contributed by atoms with E-state index < -0.39 is 0 Å². The lowest BCUT2D eigenvalue weighted by Gasteiger charge is -2.27. The van der Waals surface area contributed by atoms with Crippen LogP contribution < -0.4 is 0 Å². The summed E-state index contributed by atoms with van der Waals surface area (Å²) in [5, 5.41) is 0.